The van der Waals surface area contributed by atoms with Crippen molar-refractivity contribution in [3.8, 4) is 0 Å². The third-order valence-electron chi connectivity index (χ3n) is 2.46. The van der Waals surface area contributed by atoms with E-state index in [0.29, 0.717) is 5.92 Å². The molecule has 11 heavy (non-hydrogen) atoms. The number of nitrogens with zero attached hydrogens (tertiary/aromatic N) is 1. The van der Waals surface area contributed by atoms with Crippen LogP contribution in [0, 0.1) is 5.92 Å². The van der Waals surface area contributed by atoms with Gasteiger partial charge in [-0.1, -0.05) is 0 Å². The zero-order valence-corrected chi connectivity index (χ0v) is 6.51. The van der Waals surface area contributed by atoms with Crippen LogP contribution in [0.2, 0.25) is 0 Å². The highest BCUT2D eigenvalue weighted by molar-refractivity contribution is 5.19. The fourth-order valence-electron chi connectivity index (χ4n) is 1.68. The van der Waals surface area contributed by atoms with Gasteiger partial charge in [0.1, 0.15) is 0 Å². The van der Waals surface area contributed by atoms with E-state index in [1.807, 2.05) is 6.20 Å². The van der Waals surface area contributed by atoms with Crippen molar-refractivity contribution in [3.05, 3.63) is 17.5 Å². The molecule has 0 saturated heterocycles. The van der Waals surface area contributed by atoms with Gasteiger partial charge >= 0.3 is 0 Å². The molecule has 1 atom stereocenters. The smallest absolute Gasteiger partial charge is 0.0522 e. The summed E-state index contributed by atoms with van der Waals surface area (Å²) < 4.78 is 0. The Kier molecular flexibility index (Phi) is 1.66. The molecule has 0 fully saturated rings. The average Bonchev–Trinajstić information content (AvgIpc) is 2.50. The van der Waals surface area contributed by atoms with Gasteiger partial charge in [0.05, 0.1) is 6.20 Å². The Labute approximate surface area is 66.0 Å². The van der Waals surface area contributed by atoms with Crippen molar-refractivity contribution in [2.75, 3.05) is 6.54 Å². The predicted octanol–water partition coefficient (Wildman–Crippen LogP) is 0.473. The van der Waals surface area contributed by atoms with Crippen LogP contribution >= 0.6 is 0 Å². The molecule has 2 rings (SSSR count). The quantitative estimate of drug-likeness (QED) is 0.613. The summed E-state index contributed by atoms with van der Waals surface area (Å²) >= 11 is 0. The Hall–Kier alpha value is -0.830. The maximum Gasteiger partial charge on any atom is 0.0522 e. The van der Waals surface area contributed by atoms with Gasteiger partial charge in [0, 0.05) is 5.69 Å². The van der Waals surface area contributed by atoms with Crippen molar-refractivity contribution in [2.45, 2.75) is 19.3 Å². The van der Waals surface area contributed by atoms with Crippen LogP contribution in [0.25, 0.3) is 0 Å². The lowest BCUT2D eigenvalue weighted by Crippen LogP contribution is -2.21. The van der Waals surface area contributed by atoms with E-state index in [-0.39, 0.29) is 0 Å². The molecule has 1 aliphatic rings. The third kappa shape index (κ3) is 1.16. The molecule has 0 radical (unpaired) electrons. The molecular weight excluding hydrogens is 138 g/mol. The first-order valence-electron chi connectivity index (χ1n) is 4.11. The predicted molar refractivity (Wildman–Crippen MR) is 43.2 cm³/mol. The fraction of sp³-hybridized carbons (Fsp3) is 0.625. The molecule has 0 aliphatic heterocycles. The van der Waals surface area contributed by atoms with Crippen molar-refractivity contribution in [2.24, 2.45) is 11.7 Å². The van der Waals surface area contributed by atoms with Gasteiger partial charge in [-0.2, -0.15) is 5.10 Å². The second-order valence-corrected chi connectivity index (χ2v) is 3.22. The van der Waals surface area contributed by atoms with E-state index in [2.05, 4.69) is 10.2 Å². The normalized spacial score (nSPS) is 23.2. The molecule has 0 amide bonds. The largest absolute Gasteiger partial charge is 0.330 e. The van der Waals surface area contributed by atoms with E-state index in [1.165, 1.54) is 17.7 Å². The zero-order valence-electron chi connectivity index (χ0n) is 6.51. The van der Waals surface area contributed by atoms with Gasteiger partial charge in [0.2, 0.25) is 0 Å². The van der Waals surface area contributed by atoms with Crippen molar-refractivity contribution < 1.29 is 0 Å². The number of H-pyrrole nitrogens is 1. The SMILES string of the molecule is NC[C@@H]1CCc2cn[nH]c2C1. The summed E-state index contributed by atoms with van der Waals surface area (Å²) in [4.78, 5) is 0. The van der Waals surface area contributed by atoms with E-state index in [0.717, 1.165) is 19.4 Å². The third-order valence-corrected chi connectivity index (χ3v) is 2.46. The average molecular weight is 151 g/mol. The summed E-state index contributed by atoms with van der Waals surface area (Å²) in [5, 5.41) is 7.02. The van der Waals surface area contributed by atoms with Gasteiger partial charge in [-0.25, -0.2) is 0 Å². The highest BCUT2D eigenvalue weighted by Gasteiger charge is 2.18. The Morgan fingerprint density at radius 2 is 2.64 bits per heavy atom. The first-order chi connectivity index (χ1) is 5.40. The first kappa shape index (κ1) is 6.85. The van der Waals surface area contributed by atoms with Crippen LogP contribution in [0.15, 0.2) is 6.20 Å². The van der Waals surface area contributed by atoms with E-state index in [4.69, 9.17) is 5.73 Å². The highest BCUT2D eigenvalue weighted by Crippen LogP contribution is 2.22. The Morgan fingerprint density at radius 1 is 1.73 bits per heavy atom. The van der Waals surface area contributed by atoms with E-state index in [1.54, 1.807) is 0 Å². The van der Waals surface area contributed by atoms with Crippen molar-refractivity contribution in [1.29, 1.82) is 0 Å². The molecule has 0 bridgehead atoms. The molecule has 1 aromatic heterocycles. The summed E-state index contributed by atoms with van der Waals surface area (Å²) in [6, 6.07) is 0. The number of rotatable bonds is 1. The van der Waals surface area contributed by atoms with Crippen LogP contribution in [0.5, 0.6) is 0 Å². The lowest BCUT2D eigenvalue weighted by atomic mass is 9.88. The topological polar surface area (TPSA) is 54.7 Å². The van der Waals surface area contributed by atoms with Crippen molar-refractivity contribution >= 4 is 0 Å². The molecule has 1 heterocycles. The van der Waals surface area contributed by atoms with Gasteiger partial charge in [0.15, 0.2) is 0 Å². The number of aryl methyl sites for hydroxylation is 1. The van der Waals surface area contributed by atoms with Crippen LogP contribution in [-0.4, -0.2) is 16.7 Å². The van der Waals surface area contributed by atoms with E-state index in [9.17, 15) is 0 Å². The second kappa shape index (κ2) is 2.66. The van der Waals surface area contributed by atoms with Gasteiger partial charge in [0.25, 0.3) is 0 Å². The number of aromatic nitrogens is 2. The second-order valence-electron chi connectivity index (χ2n) is 3.22. The molecule has 0 saturated carbocycles. The van der Waals surface area contributed by atoms with Crippen molar-refractivity contribution in [1.82, 2.24) is 10.2 Å². The summed E-state index contributed by atoms with van der Waals surface area (Å²) in [7, 11) is 0. The standard InChI is InChI=1S/C8H13N3/c9-4-6-1-2-7-5-10-11-8(7)3-6/h5-6H,1-4,9H2,(H,10,11)/t6-/m1/s1. The van der Waals surface area contributed by atoms with Crippen LogP contribution in [-0.2, 0) is 12.8 Å². The minimum absolute atomic E-state index is 0.669. The summed E-state index contributed by atoms with van der Waals surface area (Å²) in [5.41, 5.74) is 8.28. The molecular formula is C8H13N3. The maximum atomic E-state index is 5.59. The van der Waals surface area contributed by atoms with E-state index < -0.39 is 0 Å². The van der Waals surface area contributed by atoms with Gasteiger partial charge in [-0.15, -0.1) is 0 Å². The Bertz CT molecular complexity index is 241. The van der Waals surface area contributed by atoms with Gasteiger partial charge < -0.3 is 5.73 Å². The van der Waals surface area contributed by atoms with E-state index >= 15 is 0 Å². The molecule has 1 aliphatic carbocycles. The van der Waals surface area contributed by atoms with Crippen LogP contribution < -0.4 is 5.73 Å². The number of aromatic amines is 1. The van der Waals surface area contributed by atoms with Crippen LogP contribution in [0.4, 0.5) is 0 Å². The van der Waals surface area contributed by atoms with Crippen LogP contribution in [0.3, 0.4) is 0 Å². The molecule has 3 heteroatoms. The number of fused-ring (bicyclic) bond motifs is 1. The number of nitrogens with two attached hydrogens (primary N) is 1. The summed E-state index contributed by atoms with van der Waals surface area (Å²) in [5.74, 6) is 0.669. The fourth-order valence-corrected chi connectivity index (χ4v) is 1.68. The number of hydrogen-bond acceptors (Lipinski definition) is 2. The first-order valence-corrected chi connectivity index (χ1v) is 4.11. The van der Waals surface area contributed by atoms with Gasteiger partial charge in [-0.3, -0.25) is 5.10 Å². The Morgan fingerprint density at radius 3 is 3.45 bits per heavy atom. The Balaban J connectivity index is 2.18. The van der Waals surface area contributed by atoms with Crippen molar-refractivity contribution in [3.63, 3.8) is 0 Å². The molecule has 0 unspecified atom stereocenters. The number of nitrogens with one attached hydrogen (secondary N) is 1. The van der Waals surface area contributed by atoms with Crippen LogP contribution in [0.1, 0.15) is 17.7 Å². The molecule has 3 nitrogen and oxygen atoms in total. The molecule has 0 spiro atoms. The molecule has 1 aromatic rings. The summed E-state index contributed by atoms with van der Waals surface area (Å²) in [6.07, 6.45) is 5.39. The minimum Gasteiger partial charge on any atom is -0.330 e. The highest BCUT2D eigenvalue weighted by atomic mass is 15.1. The molecule has 3 N–H and O–H groups in total. The van der Waals surface area contributed by atoms with Gasteiger partial charge in [-0.05, 0) is 37.3 Å². The summed E-state index contributed by atoms with van der Waals surface area (Å²) in [6.45, 7) is 0.804. The zero-order chi connectivity index (χ0) is 7.68. The maximum absolute atomic E-state index is 5.59. The molecule has 60 valence electrons. The minimum atomic E-state index is 0.669. The number of hydrogen-bond donors (Lipinski definition) is 2. The molecule has 0 aromatic carbocycles. The lowest BCUT2D eigenvalue weighted by Gasteiger charge is -2.19. The lowest BCUT2D eigenvalue weighted by molar-refractivity contribution is 0.464. The monoisotopic (exact) mass is 151 g/mol.